The molecule has 0 bridgehead atoms. The lowest BCUT2D eigenvalue weighted by Crippen LogP contribution is -2.49. The third kappa shape index (κ3) is 4.46. The number of nitriles is 1. The molecule has 0 aliphatic heterocycles. The SMILES string of the molecule is Cn1c(=O)c(C(=O)NCc2ccc(C#N)cc2)cc2cccc(NC(=O)C3(S(=O)(=O)C(C)(C)CO)CC3)c21. The average Bonchev–Trinajstić information content (AvgIpc) is 3.72. The minimum atomic E-state index is -4.02. The number of carbonyl (C=O) groups excluding carboxylic acids is 2. The van der Waals surface area contributed by atoms with E-state index < -0.39 is 43.3 Å². The van der Waals surface area contributed by atoms with Gasteiger partial charge in [-0.25, -0.2) is 8.42 Å². The smallest absolute Gasteiger partial charge is 0.263 e. The van der Waals surface area contributed by atoms with E-state index in [4.69, 9.17) is 5.26 Å². The van der Waals surface area contributed by atoms with Crippen LogP contribution in [0.15, 0.2) is 53.3 Å². The summed E-state index contributed by atoms with van der Waals surface area (Å²) in [6, 6.07) is 15.0. The number of hydrogen-bond donors (Lipinski definition) is 3. The lowest BCUT2D eigenvalue weighted by atomic mass is 10.1. The highest BCUT2D eigenvalue weighted by Crippen LogP contribution is 2.49. The maximum absolute atomic E-state index is 13.2. The molecular formula is C27H28N4O6S. The summed E-state index contributed by atoms with van der Waals surface area (Å²) in [5, 5.41) is 24.4. The van der Waals surface area contributed by atoms with Crippen molar-refractivity contribution >= 4 is 38.2 Å². The van der Waals surface area contributed by atoms with E-state index in [9.17, 15) is 27.9 Å². The van der Waals surface area contributed by atoms with Gasteiger partial charge in [0.25, 0.3) is 11.5 Å². The van der Waals surface area contributed by atoms with Gasteiger partial charge in [0.2, 0.25) is 5.91 Å². The first-order valence-electron chi connectivity index (χ1n) is 11.9. The lowest BCUT2D eigenvalue weighted by Gasteiger charge is -2.28. The quantitative estimate of drug-likeness (QED) is 0.397. The van der Waals surface area contributed by atoms with E-state index >= 15 is 0 Å². The summed E-state index contributed by atoms with van der Waals surface area (Å²) in [6.07, 6.45) is 0.274. The second-order valence-corrected chi connectivity index (χ2v) is 12.9. The van der Waals surface area contributed by atoms with Crippen LogP contribution in [0.5, 0.6) is 0 Å². The number of nitrogens with zero attached hydrogens (tertiary/aromatic N) is 2. The summed E-state index contributed by atoms with van der Waals surface area (Å²) in [6.45, 7) is 2.29. The molecule has 11 heteroatoms. The zero-order chi connectivity index (χ0) is 27.9. The number of aryl methyl sites for hydroxylation is 1. The Balaban J connectivity index is 1.62. The average molecular weight is 537 g/mol. The fourth-order valence-electron chi connectivity index (χ4n) is 4.37. The summed E-state index contributed by atoms with van der Waals surface area (Å²) in [5.41, 5.74) is 1.14. The Hall–Kier alpha value is -4.01. The van der Waals surface area contributed by atoms with E-state index in [2.05, 4.69) is 10.6 Å². The zero-order valence-corrected chi connectivity index (χ0v) is 22.1. The van der Waals surface area contributed by atoms with Crippen LogP contribution in [-0.4, -0.2) is 46.0 Å². The second kappa shape index (κ2) is 9.70. The maximum atomic E-state index is 13.2. The lowest BCUT2D eigenvalue weighted by molar-refractivity contribution is -0.116. The molecule has 0 atom stereocenters. The number of benzene rings is 2. The number of pyridine rings is 1. The Morgan fingerprint density at radius 1 is 1.16 bits per heavy atom. The van der Waals surface area contributed by atoms with Gasteiger partial charge in [-0.05, 0) is 56.5 Å². The Morgan fingerprint density at radius 2 is 1.82 bits per heavy atom. The number of hydrogen-bond acceptors (Lipinski definition) is 7. The fourth-order valence-corrected chi connectivity index (χ4v) is 6.53. The number of amides is 2. The number of fused-ring (bicyclic) bond motifs is 1. The van der Waals surface area contributed by atoms with Crippen molar-refractivity contribution in [3.63, 3.8) is 0 Å². The van der Waals surface area contributed by atoms with Gasteiger partial charge >= 0.3 is 0 Å². The van der Waals surface area contributed by atoms with Crippen LogP contribution >= 0.6 is 0 Å². The first kappa shape index (κ1) is 27.0. The predicted octanol–water partition coefficient (Wildman–Crippen LogP) is 2.00. The molecule has 198 valence electrons. The van der Waals surface area contributed by atoms with Crippen molar-refractivity contribution < 1.29 is 23.1 Å². The molecule has 0 spiro atoms. The fraction of sp³-hybridized carbons (Fsp3) is 0.333. The minimum Gasteiger partial charge on any atom is -0.395 e. The number of aromatic nitrogens is 1. The Labute approximate surface area is 219 Å². The van der Waals surface area contributed by atoms with E-state index in [0.717, 1.165) is 5.56 Å². The van der Waals surface area contributed by atoms with E-state index in [0.29, 0.717) is 16.5 Å². The van der Waals surface area contributed by atoms with Crippen LogP contribution in [0, 0.1) is 11.3 Å². The molecule has 10 nitrogen and oxygen atoms in total. The first-order chi connectivity index (χ1) is 17.9. The van der Waals surface area contributed by atoms with E-state index in [1.807, 2.05) is 6.07 Å². The third-order valence-corrected chi connectivity index (χ3v) is 10.2. The van der Waals surface area contributed by atoms with Crippen molar-refractivity contribution in [2.45, 2.75) is 42.7 Å². The Kier molecular flexibility index (Phi) is 6.90. The molecule has 0 radical (unpaired) electrons. The van der Waals surface area contributed by atoms with Crippen molar-refractivity contribution in [1.82, 2.24) is 9.88 Å². The second-order valence-electron chi connectivity index (χ2n) is 10.0. The number of anilines is 1. The molecule has 0 unspecified atom stereocenters. The zero-order valence-electron chi connectivity index (χ0n) is 21.2. The number of aliphatic hydroxyl groups is 1. The monoisotopic (exact) mass is 536 g/mol. The van der Waals surface area contributed by atoms with Gasteiger partial charge in [0.05, 0.1) is 34.2 Å². The molecule has 1 aliphatic carbocycles. The normalized spacial score (nSPS) is 14.5. The van der Waals surface area contributed by atoms with Crippen LogP contribution in [-0.2, 0) is 28.2 Å². The highest BCUT2D eigenvalue weighted by molar-refractivity contribution is 7.95. The summed E-state index contributed by atoms with van der Waals surface area (Å²) in [7, 11) is -2.55. The third-order valence-electron chi connectivity index (χ3n) is 7.01. The van der Waals surface area contributed by atoms with Crippen LogP contribution in [0.1, 0.15) is 48.2 Å². The molecule has 1 aromatic heterocycles. The molecule has 3 aromatic rings. The van der Waals surface area contributed by atoms with Crippen molar-refractivity contribution in [3.05, 3.63) is 75.6 Å². The Bertz CT molecular complexity index is 1650. The predicted molar refractivity (Wildman–Crippen MR) is 142 cm³/mol. The van der Waals surface area contributed by atoms with E-state index in [-0.39, 0.29) is 30.6 Å². The molecule has 4 rings (SSSR count). The summed E-state index contributed by atoms with van der Waals surface area (Å²) in [5.74, 6) is -1.30. The van der Waals surface area contributed by atoms with E-state index in [1.54, 1.807) is 42.5 Å². The van der Waals surface area contributed by atoms with Gasteiger partial charge in [-0.3, -0.25) is 14.4 Å². The van der Waals surface area contributed by atoms with Crippen LogP contribution in [0.2, 0.25) is 0 Å². The molecular weight excluding hydrogens is 508 g/mol. The number of para-hydroxylation sites is 1. The number of aliphatic hydroxyl groups excluding tert-OH is 1. The number of rotatable bonds is 8. The first-order valence-corrected chi connectivity index (χ1v) is 13.4. The van der Waals surface area contributed by atoms with Gasteiger partial charge in [0, 0.05) is 19.0 Å². The molecule has 1 saturated carbocycles. The van der Waals surface area contributed by atoms with Crippen molar-refractivity contribution in [2.24, 2.45) is 7.05 Å². The highest BCUT2D eigenvalue weighted by atomic mass is 32.2. The number of carbonyl (C=O) groups is 2. The van der Waals surface area contributed by atoms with Gasteiger partial charge in [-0.15, -0.1) is 0 Å². The van der Waals surface area contributed by atoms with Crippen molar-refractivity contribution in [1.29, 1.82) is 5.26 Å². The van der Waals surface area contributed by atoms with Crippen LogP contribution in [0.3, 0.4) is 0 Å². The Morgan fingerprint density at radius 3 is 2.39 bits per heavy atom. The van der Waals surface area contributed by atoms with Crippen molar-refractivity contribution in [3.8, 4) is 6.07 Å². The summed E-state index contributed by atoms with van der Waals surface area (Å²) in [4.78, 5) is 39.2. The summed E-state index contributed by atoms with van der Waals surface area (Å²) >= 11 is 0. The van der Waals surface area contributed by atoms with Gasteiger partial charge in [0.15, 0.2) is 14.6 Å². The van der Waals surface area contributed by atoms with Gasteiger partial charge < -0.3 is 20.3 Å². The van der Waals surface area contributed by atoms with Gasteiger partial charge in [-0.2, -0.15) is 5.26 Å². The van der Waals surface area contributed by atoms with E-state index in [1.165, 1.54) is 31.5 Å². The minimum absolute atomic E-state index is 0.0944. The van der Waals surface area contributed by atoms with Crippen LogP contribution in [0.25, 0.3) is 10.9 Å². The topological polar surface area (TPSA) is 158 Å². The molecule has 0 saturated heterocycles. The van der Waals surface area contributed by atoms with Crippen LogP contribution < -0.4 is 16.2 Å². The molecule has 1 heterocycles. The molecule has 38 heavy (non-hydrogen) atoms. The standard InChI is InChI=1S/C27H28N4O6S/c1-26(2,16-32)38(36,37)27(11-12-27)25(35)30-21-6-4-5-19-13-20(24(34)31(3)22(19)21)23(33)29-15-18-9-7-17(14-28)8-10-18/h4-10,13,32H,11-12,15-16H2,1-3H3,(H,29,33)(H,30,35). The molecule has 2 amide bonds. The number of sulfone groups is 1. The van der Waals surface area contributed by atoms with Gasteiger partial charge in [-0.1, -0.05) is 24.3 Å². The molecule has 1 fully saturated rings. The maximum Gasteiger partial charge on any atom is 0.263 e. The molecule has 2 aromatic carbocycles. The summed E-state index contributed by atoms with van der Waals surface area (Å²) < 4.78 is 24.4. The van der Waals surface area contributed by atoms with Gasteiger partial charge in [0.1, 0.15) is 5.56 Å². The molecule has 1 aliphatic rings. The number of nitrogens with one attached hydrogen (secondary N) is 2. The van der Waals surface area contributed by atoms with Crippen molar-refractivity contribution in [2.75, 3.05) is 11.9 Å². The van der Waals surface area contributed by atoms with Crippen LogP contribution in [0.4, 0.5) is 5.69 Å². The largest absolute Gasteiger partial charge is 0.395 e. The molecule has 3 N–H and O–H groups in total. The highest BCUT2D eigenvalue weighted by Gasteiger charge is 2.64.